The van der Waals surface area contributed by atoms with E-state index in [2.05, 4.69) is 24.3 Å². The van der Waals surface area contributed by atoms with Gasteiger partial charge in [0.1, 0.15) is 5.82 Å². The molecule has 0 bridgehead atoms. The van der Waals surface area contributed by atoms with Crippen molar-refractivity contribution in [2.75, 3.05) is 23.4 Å². The van der Waals surface area contributed by atoms with E-state index >= 15 is 0 Å². The van der Waals surface area contributed by atoms with Gasteiger partial charge in [-0.1, -0.05) is 13.8 Å². The van der Waals surface area contributed by atoms with Crippen LogP contribution in [0.5, 0.6) is 0 Å². The van der Waals surface area contributed by atoms with Gasteiger partial charge in [-0.3, -0.25) is 10.1 Å². The molecule has 2 unspecified atom stereocenters. The van der Waals surface area contributed by atoms with Crippen LogP contribution in [0.25, 0.3) is 0 Å². The van der Waals surface area contributed by atoms with Crippen molar-refractivity contribution in [3.8, 4) is 0 Å². The maximum Gasteiger partial charge on any atom is 0.311 e. The van der Waals surface area contributed by atoms with Crippen molar-refractivity contribution in [1.82, 2.24) is 4.98 Å². The van der Waals surface area contributed by atoms with E-state index in [9.17, 15) is 10.1 Å². The highest BCUT2D eigenvalue weighted by molar-refractivity contribution is 8.00. The number of aromatic nitrogens is 1. The van der Waals surface area contributed by atoms with Crippen LogP contribution in [0.4, 0.5) is 17.3 Å². The molecular formula is C11H17N5O2S. The van der Waals surface area contributed by atoms with Gasteiger partial charge in [0.05, 0.1) is 4.92 Å². The monoisotopic (exact) mass is 283 g/mol. The molecule has 0 aromatic carbocycles. The molecule has 2 atom stereocenters. The fourth-order valence-electron chi connectivity index (χ4n) is 2.25. The summed E-state index contributed by atoms with van der Waals surface area (Å²) in [7, 11) is 0. The number of nitrogens with zero attached hydrogens (tertiary/aromatic N) is 3. The Morgan fingerprint density at radius 3 is 2.63 bits per heavy atom. The van der Waals surface area contributed by atoms with Crippen LogP contribution in [0, 0.1) is 10.1 Å². The lowest BCUT2D eigenvalue weighted by Crippen LogP contribution is -2.41. The van der Waals surface area contributed by atoms with E-state index in [0.29, 0.717) is 22.1 Å². The Kier molecular flexibility index (Phi) is 4.11. The Hall–Kier alpha value is -1.54. The minimum atomic E-state index is -0.403. The maximum absolute atomic E-state index is 11.1. The van der Waals surface area contributed by atoms with E-state index in [0.717, 1.165) is 13.1 Å². The molecule has 8 heteroatoms. The zero-order valence-corrected chi connectivity index (χ0v) is 11.7. The molecule has 1 aliphatic heterocycles. The lowest BCUT2D eigenvalue weighted by Gasteiger charge is -2.35. The SMILES string of the molecule is CC1CN(c2nc(NN)ccc2[N+](=O)[O-])CC(C)S1. The second-order valence-electron chi connectivity index (χ2n) is 4.60. The van der Waals surface area contributed by atoms with E-state index in [1.807, 2.05) is 16.7 Å². The lowest BCUT2D eigenvalue weighted by molar-refractivity contribution is -0.384. The first kappa shape index (κ1) is 13.9. The van der Waals surface area contributed by atoms with Crippen LogP contribution in [-0.2, 0) is 0 Å². The molecule has 3 N–H and O–H groups in total. The first-order valence-electron chi connectivity index (χ1n) is 6.03. The Bertz CT molecular complexity index is 474. The highest BCUT2D eigenvalue weighted by Gasteiger charge is 2.28. The molecule has 0 amide bonds. The fourth-order valence-corrected chi connectivity index (χ4v) is 3.57. The number of nitrogens with two attached hydrogens (primary N) is 1. The van der Waals surface area contributed by atoms with Crippen LogP contribution >= 0.6 is 11.8 Å². The largest absolute Gasteiger partial charge is 0.349 e. The summed E-state index contributed by atoms with van der Waals surface area (Å²) >= 11 is 1.88. The van der Waals surface area contributed by atoms with Gasteiger partial charge in [0.2, 0.25) is 5.82 Å². The van der Waals surface area contributed by atoms with Gasteiger partial charge in [0.15, 0.2) is 0 Å². The molecule has 0 aliphatic carbocycles. The fraction of sp³-hybridized carbons (Fsp3) is 0.545. The van der Waals surface area contributed by atoms with Gasteiger partial charge in [-0.25, -0.2) is 10.8 Å². The number of pyridine rings is 1. The minimum absolute atomic E-state index is 0.0188. The van der Waals surface area contributed by atoms with E-state index in [4.69, 9.17) is 5.84 Å². The molecule has 1 saturated heterocycles. The number of nitro groups is 1. The molecule has 0 saturated carbocycles. The van der Waals surface area contributed by atoms with Gasteiger partial charge >= 0.3 is 5.69 Å². The summed E-state index contributed by atoms with van der Waals surface area (Å²) in [6.45, 7) is 5.72. The normalized spacial score (nSPS) is 23.2. The predicted octanol–water partition coefficient (Wildman–Crippen LogP) is 1.61. The maximum atomic E-state index is 11.1. The van der Waals surface area contributed by atoms with E-state index in [1.54, 1.807) is 0 Å². The number of anilines is 2. The molecule has 1 aliphatic rings. The molecule has 1 aromatic rings. The topological polar surface area (TPSA) is 97.3 Å². The Balaban J connectivity index is 2.38. The Labute approximate surface area is 115 Å². The quantitative estimate of drug-likeness (QED) is 0.494. The molecule has 7 nitrogen and oxygen atoms in total. The highest BCUT2D eigenvalue weighted by Crippen LogP contribution is 2.33. The summed E-state index contributed by atoms with van der Waals surface area (Å²) in [5.41, 5.74) is 2.45. The van der Waals surface area contributed by atoms with E-state index in [1.165, 1.54) is 12.1 Å². The average Bonchev–Trinajstić information content (AvgIpc) is 2.36. The molecule has 1 aromatic heterocycles. The second kappa shape index (κ2) is 5.62. The zero-order chi connectivity index (χ0) is 14.0. The van der Waals surface area contributed by atoms with Crippen LogP contribution in [0.2, 0.25) is 0 Å². The van der Waals surface area contributed by atoms with Crippen LogP contribution in [-0.4, -0.2) is 33.5 Å². The third-order valence-electron chi connectivity index (χ3n) is 2.92. The standard InChI is InChI=1S/C11H17N5O2S/c1-7-5-15(6-8(2)19-7)11-9(16(17)18)3-4-10(13-11)14-12/h3-4,7-8H,5-6,12H2,1-2H3,(H,13,14). The smallest absolute Gasteiger partial charge is 0.311 e. The van der Waals surface area contributed by atoms with Gasteiger partial charge in [0.25, 0.3) is 0 Å². The predicted molar refractivity (Wildman–Crippen MR) is 77.4 cm³/mol. The number of hydrogen-bond acceptors (Lipinski definition) is 7. The van der Waals surface area contributed by atoms with Crippen molar-refractivity contribution in [2.24, 2.45) is 5.84 Å². The van der Waals surface area contributed by atoms with E-state index in [-0.39, 0.29) is 5.69 Å². The summed E-state index contributed by atoms with van der Waals surface area (Å²) in [4.78, 5) is 16.9. The van der Waals surface area contributed by atoms with Gasteiger partial charge < -0.3 is 10.3 Å². The number of nitrogens with one attached hydrogen (secondary N) is 1. The first-order valence-corrected chi connectivity index (χ1v) is 6.98. The summed E-state index contributed by atoms with van der Waals surface area (Å²) in [5, 5.41) is 11.9. The van der Waals surface area contributed by atoms with Crippen molar-refractivity contribution >= 4 is 29.1 Å². The number of nitrogen functional groups attached to an aromatic ring is 1. The summed E-state index contributed by atoms with van der Waals surface area (Å²) < 4.78 is 0. The molecule has 0 radical (unpaired) electrons. The highest BCUT2D eigenvalue weighted by atomic mass is 32.2. The molecular weight excluding hydrogens is 266 g/mol. The zero-order valence-electron chi connectivity index (χ0n) is 10.9. The molecule has 2 heterocycles. The molecule has 19 heavy (non-hydrogen) atoms. The summed E-state index contributed by atoms with van der Waals surface area (Å²) in [6.07, 6.45) is 0. The number of hydrazine groups is 1. The van der Waals surface area contributed by atoms with Crippen LogP contribution < -0.4 is 16.2 Å². The van der Waals surface area contributed by atoms with Crippen molar-refractivity contribution < 1.29 is 4.92 Å². The van der Waals surface area contributed by atoms with Crippen molar-refractivity contribution in [3.63, 3.8) is 0 Å². The third kappa shape index (κ3) is 3.07. The van der Waals surface area contributed by atoms with Crippen LogP contribution in [0.1, 0.15) is 13.8 Å². The average molecular weight is 283 g/mol. The molecule has 104 valence electrons. The molecule has 2 rings (SSSR count). The number of hydrogen-bond donors (Lipinski definition) is 2. The summed E-state index contributed by atoms with van der Waals surface area (Å²) in [6, 6.07) is 2.95. The molecule has 1 fully saturated rings. The van der Waals surface area contributed by atoms with Crippen LogP contribution in [0.3, 0.4) is 0 Å². The lowest BCUT2D eigenvalue weighted by atomic mass is 10.3. The number of rotatable bonds is 3. The van der Waals surface area contributed by atoms with Crippen molar-refractivity contribution in [1.29, 1.82) is 0 Å². The first-order chi connectivity index (χ1) is 9.01. The van der Waals surface area contributed by atoms with Gasteiger partial charge in [-0.15, -0.1) is 0 Å². The van der Waals surface area contributed by atoms with Gasteiger partial charge in [-0.2, -0.15) is 11.8 Å². The Morgan fingerprint density at radius 1 is 1.47 bits per heavy atom. The van der Waals surface area contributed by atoms with Gasteiger partial charge in [-0.05, 0) is 6.07 Å². The minimum Gasteiger partial charge on any atom is -0.349 e. The molecule has 0 spiro atoms. The van der Waals surface area contributed by atoms with Crippen LogP contribution in [0.15, 0.2) is 12.1 Å². The van der Waals surface area contributed by atoms with Gasteiger partial charge in [0, 0.05) is 29.7 Å². The van der Waals surface area contributed by atoms with E-state index < -0.39 is 4.92 Å². The van der Waals surface area contributed by atoms with Crippen molar-refractivity contribution in [2.45, 2.75) is 24.3 Å². The Morgan fingerprint density at radius 2 is 2.11 bits per heavy atom. The third-order valence-corrected chi connectivity index (χ3v) is 4.15. The van der Waals surface area contributed by atoms with Crippen molar-refractivity contribution in [3.05, 3.63) is 22.2 Å². The number of thioether (sulfide) groups is 1. The summed E-state index contributed by atoms with van der Waals surface area (Å²) in [5.74, 6) is 6.14. The second-order valence-corrected chi connectivity index (χ2v) is 6.48.